The Morgan fingerprint density at radius 1 is 0.793 bits per heavy atom. The monoisotopic (exact) mass is 432 g/mol. The summed E-state index contributed by atoms with van der Waals surface area (Å²) in [7, 11) is 0. The summed E-state index contributed by atoms with van der Waals surface area (Å²) in [5.74, 6) is 1.53. The number of nitrogens with zero attached hydrogens (tertiary/aromatic N) is 4. The van der Waals surface area contributed by atoms with Crippen molar-refractivity contribution >= 4 is 34.2 Å². The zero-order chi connectivity index (χ0) is 20.8. The van der Waals surface area contributed by atoms with E-state index in [1.807, 2.05) is 27.7 Å². The number of hydrogen-bond acceptors (Lipinski definition) is 8. The Balaban J connectivity index is 1.27. The number of ketones is 2. The fourth-order valence-corrected chi connectivity index (χ4v) is 6.27. The second kappa shape index (κ2) is 7.95. The molecule has 2 aromatic rings. The molecule has 0 bridgehead atoms. The van der Waals surface area contributed by atoms with E-state index in [0.29, 0.717) is 30.1 Å². The summed E-state index contributed by atoms with van der Waals surface area (Å²) in [6.45, 7) is 7.71. The fourth-order valence-electron chi connectivity index (χ4n) is 4.37. The molecule has 0 radical (unpaired) electrons. The number of carbonyl (C=O) groups excluding carboxylic acids is 2. The molecule has 8 heteroatoms. The lowest BCUT2D eigenvalue weighted by atomic mass is 9.48. The van der Waals surface area contributed by atoms with Crippen LogP contribution >= 0.6 is 22.7 Å². The summed E-state index contributed by atoms with van der Waals surface area (Å²) < 4.78 is 0. The van der Waals surface area contributed by atoms with Gasteiger partial charge in [0.05, 0.1) is 12.8 Å². The lowest BCUT2D eigenvalue weighted by molar-refractivity contribution is -0.122. The van der Waals surface area contributed by atoms with Crippen LogP contribution in [-0.2, 0) is 22.4 Å². The highest BCUT2D eigenvalue weighted by atomic mass is 32.1. The van der Waals surface area contributed by atoms with Gasteiger partial charge >= 0.3 is 0 Å². The van der Waals surface area contributed by atoms with Crippen molar-refractivity contribution in [2.75, 3.05) is 0 Å². The third-order valence-corrected chi connectivity index (χ3v) is 8.49. The van der Waals surface area contributed by atoms with E-state index >= 15 is 0 Å². The van der Waals surface area contributed by atoms with Crippen molar-refractivity contribution in [3.05, 3.63) is 20.0 Å². The highest BCUT2D eigenvalue weighted by Crippen LogP contribution is 2.66. The quantitative estimate of drug-likeness (QED) is 0.616. The van der Waals surface area contributed by atoms with Crippen LogP contribution in [0.25, 0.3) is 0 Å². The largest absolute Gasteiger partial charge is 0.299 e. The highest BCUT2D eigenvalue weighted by molar-refractivity contribution is 7.11. The van der Waals surface area contributed by atoms with E-state index in [1.165, 1.54) is 0 Å². The first-order chi connectivity index (χ1) is 13.7. The van der Waals surface area contributed by atoms with Gasteiger partial charge in [-0.15, -0.1) is 43.1 Å². The van der Waals surface area contributed by atoms with E-state index in [1.54, 1.807) is 22.7 Å². The SMILES string of the molecule is CC(C)C(=O)Cc1nnc(C2CC3(C2)CC(c2nnc(CC(=O)C(C)C)s2)C3)s1. The molecule has 4 rings (SSSR count). The first kappa shape index (κ1) is 20.7. The molecule has 2 aliphatic rings. The molecule has 6 nitrogen and oxygen atoms in total. The topological polar surface area (TPSA) is 85.7 Å². The molecule has 2 aromatic heterocycles. The fraction of sp³-hybridized carbons (Fsp3) is 0.714. The molecule has 2 heterocycles. The van der Waals surface area contributed by atoms with Crippen LogP contribution in [0.15, 0.2) is 0 Å². The molecular formula is C21H28N4O2S2. The summed E-state index contributed by atoms with van der Waals surface area (Å²) >= 11 is 3.22. The number of hydrogen-bond donors (Lipinski definition) is 0. The maximum absolute atomic E-state index is 11.9. The minimum atomic E-state index is 0.0468. The molecule has 29 heavy (non-hydrogen) atoms. The Kier molecular flexibility index (Phi) is 5.68. The van der Waals surface area contributed by atoms with Gasteiger partial charge in [0.2, 0.25) is 0 Å². The van der Waals surface area contributed by atoms with Gasteiger partial charge in [0.15, 0.2) is 0 Å². The highest BCUT2D eigenvalue weighted by Gasteiger charge is 2.55. The lowest BCUT2D eigenvalue weighted by Crippen LogP contribution is -2.45. The lowest BCUT2D eigenvalue weighted by Gasteiger charge is -2.56. The summed E-state index contributed by atoms with van der Waals surface area (Å²) in [5.41, 5.74) is 0.425. The van der Waals surface area contributed by atoms with Crippen molar-refractivity contribution in [3.63, 3.8) is 0 Å². The molecule has 2 aliphatic carbocycles. The average molecular weight is 433 g/mol. The van der Waals surface area contributed by atoms with Gasteiger partial charge in [0.25, 0.3) is 0 Å². The van der Waals surface area contributed by atoms with Crippen LogP contribution in [0.3, 0.4) is 0 Å². The van der Waals surface area contributed by atoms with Crippen LogP contribution in [0.1, 0.15) is 85.2 Å². The van der Waals surface area contributed by atoms with Gasteiger partial charge in [-0.1, -0.05) is 27.7 Å². The maximum Gasteiger partial charge on any atom is 0.142 e. The summed E-state index contributed by atoms with van der Waals surface area (Å²) in [6.07, 6.45) is 5.46. The van der Waals surface area contributed by atoms with Gasteiger partial charge in [0, 0.05) is 23.7 Å². The van der Waals surface area contributed by atoms with Crippen LogP contribution in [0.4, 0.5) is 0 Å². The third-order valence-electron chi connectivity index (χ3n) is 6.32. The molecule has 0 amide bonds. The number of Topliss-reactive ketones (excluding diaryl/α,β-unsaturated/α-hetero) is 2. The molecule has 0 aromatic carbocycles. The van der Waals surface area contributed by atoms with Crippen LogP contribution in [0.2, 0.25) is 0 Å². The number of carbonyl (C=O) groups is 2. The Bertz CT molecular complexity index is 828. The summed E-state index contributed by atoms with van der Waals surface area (Å²) in [4.78, 5) is 23.8. The minimum Gasteiger partial charge on any atom is -0.299 e. The van der Waals surface area contributed by atoms with Crippen LogP contribution in [-0.4, -0.2) is 32.0 Å². The van der Waals surface area contributed by atoms with E-state index in [2.05, 4.69) is 20.4 Å². The Hall–Kier alpha value is -1.54. The number of rotatable bonds is 8. The van der Waals surface area contributed by atoms with Crippen molar-refractivity contribution in [2.24, 2.45) is 17.3 Å². The molecular weight excluding hydrogens is 404 g/mol. The smallest absolute Gasteiger partial charge is 0.142 e. The molecule has 156 valence electrons. The Labute approximate surface area is 179 Å². The summed E-state index contributed by atoms with van der Waals surface area (Å²) in [5, 5.41) is 21.1. The van der Waals surface area contributed by atoms with Crippen molar-refractivity contribution < 1.29 is 9.59 Å². The Morgan fingerprint density at radius 2 is 1.17 bits per heavy atom. The van der Waals surface area contributed by atoms with Gasteiger partial charge in [-0.05, 0) is 31.1 Å². The van der Waals surface area contributed by atoms with E-state index in [-0.39, 0.29) is 23.4 Å². The Morgan fingerprint density at radius 3 is 1.52 bits per heavy atom. The minimum absolute atomic E-state index is 0.0468. The van der Waals surface area contributed by atoms with Crippen molar-refractivity contribution in [3.8, 4) is 0 Å². The van der Waals surface area contributed by atoms with E-state index in [9.17, 15) is 9.59 Å². The molecule has 2 fully saturated rings. The van der Waals surface area contributed by atoms with E-state index in [4.69, 9.17) is 0 Å². The van der Waals surface area contributed by atoms with Gasteiger partial charge in [-0.2, -0.15) is 0 Å². The third kappa shape index (κ3) is 4.33. The van der Waals surface area contributed by atoms with Gasteiger partial charge in [-0.3, -0.25) is 9.59 Å². The van der Waals surface area contributed by atoms with Crippen molar-refractivity contribution in [1.29, 1.82) is 0 Å². The predicted molar refractivity (Wildman–Crippen MR) is 113 cm³/mol. The van der Waals surface area contributed by atoms with Crippen molar-refractivity contribution in [1.82, 2.24) is 20.4 Å². The maximum atomic E-state index is 11.9. The van der Waals surface area contributed by atoms with E-state index < -0.39 is 0 Å². The normalized spacial score (nSPS) is 26.0. The molecule has 1 spiro atoms. The second-order valence-electron chi connectivity index (χ2n) is 9.37. The second-order valence-corrected chi connectivity index (χ2v) is 11.6. The van der Waals surface area contributed by atoms with Gasteiger partial charge < -0.3 is 0 Å². The zero-order valence-electron chi connectivity index (χ0n) is 17.5. The average Bonchev–Trinajstić information content (AvgIpc) is 3.22. The standard InChI is InChI=1S/C21H28N4O2S2/c1-11(2)15(26)5-17-22-24-19(28-17)13-7-21(8-13)9-14(10-21)20-25-23-18(29-20)6-16(27)12(3)4/h11-14H,5-10H2,1-4H3. The molecule has 0 N–H and O–H groups in total. The predicted octanol–water partition coefficient (Wildman–Crippen LogP) is 4.37. The molecule has 0 atom stereocenters. The zero-order valence-corrected chi connectivity index (χ0v) is 19.1. The molecule has 0 aliphatic heterocycles. The first-order valence-electron chi connectivity index (χ1n) is 10.4. The first-order valence-corrected chi connectivity index (χ1v) is 12.1. The molecule has 0 saturated heterocycles. The summed E-state index contributed by atoms with van der Waals surface area (Å²) in [6, 6.07) is 0. The van der Waals surface area contributed by atoms with Crippen molar-refractivity contribution in [2.45, 2.75) is 78.1 Å². The molecule has 2 saturated carbocycles. The number of aromatic nitrogens is 4. The van der Waals surface area contributed by atoms with E-state index in [0.717, 1.165) is 45.7 Å². The van der Waals surface area contributed by atoms with Crippen LogP contribution in [0, 0.1) is 17.3 Å². The van der Waals surface area contributed by atoms with Gasteiger partial charge in [0.1, 0.15) is 31.6 Å². The van der Waals surface area contributed by atoms with Crippen LogP contribution in [0.5, 0.6) is 0 Å². The van der Waals surface area contributed by atoms with Crippen LogP contribution < -0.4 is 0 Å². The van der Waals surface area contributed by atoms with Gasteiger partial charge in [-0.25, -0.2) is 0 Å². The molecule has 0 unspecified atom stereocenters.